The third-order valence-corrected chi connectivity index (χ3v) is 4.59. The zero-order valence-electron chi connectivity index (χ0n) is 16.1. The Morgan fingerprint density at radius 3 is 2.45 bits per heavy atom. The first-order chi connectivity index (χ1) is 13.9. The monoisotopic (exact) mass is 393 g/mol. The van der Waals surface area contributed by atoms with Gasteiger partial charge in [-0.3, -0.25) is 19.4 Å². The summed E-state index contributed by atoms with van der Waals surface area (Å²) in [5.41, 5.74) is 2.48. The van der Waals surface area contributed by atoms with E-state index in [0.717, 1.165) is 5.56 Å². The van der Waals surface area contributed by atoms with Crippen LogP contribution in [0.25, 0.3) is 0 Å². The van der Waals surface area contributed by atoms with Crippen molar-refractivity contribution in [3.8, 4) is 0 Å². The number of carbonyl (C=O) groups excluding carboxylic acids is 3. The number of aliphatic imine (C=N–C) groups is 1. The summed E-state index contributed by atoms with van der Waals surface area (Å²) in [7, 11) is 1.48. The topological polar surface area (TPSA) is 87.6 Å². The number of aryl methyl sites for hydroxylation is 1. The fourth-order valence-electron chi connectivity index (χ4n) is 2.88. The number of hydrogen-bond acceptors (Lipinski definition) is 4. The Bertz CT molecular complexity index is 1040. The minimum atomic E-state index is -0.412. The molecule has 0 bridgehead atoms. The lowest BCUT2D eigenvalue weighted by molar-refractivity contribution is -0.118. The highest BCUT2D eigenvalue weighted by molar-refractivity contribution is 6.13. The molecular weight excluding hydrogens is 373 g/mol. The molecule has 29 heavy (non-hydrogen) atoms. The highest BCUT2D eigenvalue weighted by Crippen LogP contribution is 2.19. The van der Waals surface area contributed by atoms with E-state index in [1.165, 1.54) is 19.3 Å². The van der Waals surface area contributed by atoms with Gasteiger partial charge in [-0.2, -0.15) is 0 Å². The quantitative estimate of drug-likeness (QED) is 0.740. The number of halogens is 1. The molecular formula is C22H20FN3O3. The molecule has 6 nitrogen and oxygen atoms in total. The first-order valence-electron chi connectivity index (χ1n) is 9.06. The molecule has 2 amide bonds. The fourth-order valence-corrected chi connectivity index (χ4v) is 2.88. The van der Waals surface area contributed by atoms with E-state index in [1.807, 2.05) is 0 Å². The SMILES string of the molecule is CNC(=O)C1=C(C(=O)Nc2ccc(CC(=O)c3ccc(C)c(F)c3)cc2)CC=N1. The summed E-state index contributed by atoms with van der Waals surface area (Å²) in [5.74, 6) is -1.41. The van der Waals surface area contributed by atoms with Crippen LogP contribution in [0.2, 0.25) is 0 Å². The van der Waals surface area contributed by atoms with Crippen molar-refractivity contribution >= 4 is 29.5 Å². The van der Waals surface area contributed by atoms with Gasteiger partial charge in [-0.25, -0.2) is 4.39 Å². The zero-order valence-corrected chi connectivity index (χ0v) is 16.1. The van der Waals surface area contributed by atoms with Gasteiger partial charge in [0.2, 0.25) is 0 Å². The van der Waals surface area contributed by atoms with Crippen LogP contribution in [0.4, 0.5) is 10.1 Å². The average molecular weight is 393 g/mol. The minimum Gasteiger partial charge on any atom is -0.354 e. The summed E-state index contributed by atoms with van der Waals surface area (Å²) in [6.45, 7) is 1.64. The molecule has 0 spiro atoms. The van der Waals surface area contributed by atoms with Crippen LogP contribution in [-0.4, -0.2) is 30.9 Å². The van der Waals surface area contributed by atoms with Crippen LogP contribution in [-0.2, 0) is 16.0 Å². The first kappa shape index (κ1) is 20.1. The molecule has 1 aliphatic rings. The third-order valence-electron chi connectivity index (χ3n) is 4.59. The molecule has 0 saturated carbocycles. The number of rotatable bonds is 6. The molecule has 0 aromatic heterocycles. The molecule has 0 unspecified atom stereocenters. The maximum atomic E-state index is 13.7. The normalized spacial score (nSPS) is 12.8. The van der Waals surface area contributed by atoms with Crippen molar-refractivity contribution in [1.29, 1.82) is 0 Å². The van der Waals surface area contributed by atoms with Crippen LogP contribution < -0.4 is 10.6 Å². The van der Waals surface area contributed by atoms with Gasteiger partial charge in [-0.05, 0) is 36.2 Å². The molecule has 2 aromatic carbocycles. The standard InChI is InChI=1S/C22H20FN3O3/c1-13-3-6-15(12-18(13)23)19(27)11-14-4-7-16(8-5-14)26-21(28)17-9-10-25-20(17)22(29)24-2/h3-8,10,12H,9,11H2,1-2H3,(H,24,29)(H,26,28). The Kier molecular flexibility index (Phi) is 5.97. The largest absolute Gasteiger partial charge is 0.354 e. The number of Topliss-reactive ketones (excluding diaryl/α,β-unsaturated/α-hetero) is 1. The Hall–Kier alpha value is -3.61. The van der Waals surface area contributed by atoms with Crippen molar-refractivity contribution in [1.82, 2.24) is 5.32 Å². The van der Waals surface area contributed by atoms with Gasteiger partial charge >= 0.3 is 0 Å². The number of amides is 2. The van der Waals surface area contributed by atoms with E-state index in [9.17, 15) is 18.8 Å². The summed E-state index contributed by atoms with van der Waals surface area (Å²) in [6, 6.07) is 11.2. The molecule has 7 heteroatoms. The van der Waals surface area contributed by atoms with Crippen molar-refractivity contribution in [3.05, 3.63) is 76.2 Å². The molecule has 2 aromatic rings. The molecule has 3 rings (SSSR count). The number of hydrogen-bond donors (Lipinski definition) is 2. The van der Waals surface area contributed by atoms with E-state index >= 15 is 0 Å². The van der Waals surface area contributed by atoms with Gasteiger partial charge in [-0.15, -0.1) is 0 Å². The Morgan fingerprint density at radius 1 is 1.07 bits per heavy atom. The van der Waals surface area contributed by atoms with E-state index in [1.54, 1.807) is 43.3 Å². The van der Waals surface area contributed by atoms with Crippen LogP contribution in [0.3, 0.4) is 0 Å². The molecule has 0 aliphatic carbocycles. The Labute approximate surface area is 167 Å². The molecule has 1 heterocycles. The molecule has 0 saturated heterocycles. The summed E-state index contributed by atoms with van der Waals surface area (Å²) in [6.07, 6.45) is 1.92. The predicted molar refractivity (Wildman–Crippen MR) is 108 cm³/mol. The number of ketones is 1. The number of benzene rings is 2. The maximum Gasteiger partial charge on any atom is 0.270 e. The van der Waals surface area contributed by atoms with E-state index in [-0.39, 0.29) is 24.3 Å². The van der Waals surface area contributed by atoms with E-state index < -0.39 is 17.6 Å². The Morgan fingerprint density at radius 2 is 1.79 bits per heavy atom. The molecule has 1 aliphatic heterocycles. The number of carbonyl (C=O) groups is 3. The lowest BCUT2D eigenvalue weighted by atomic mass is 10.0. The maximum absolute atomic E-state index is 13.7. The van der Waals surface area contributed by atoms with Crippen LogP contribution >= 0.6 is 0 Å². The summed E-state index contributed by atoms with van der Waals surface area (Å²) in [4.78, 5) is 40.5. The zero-order chi connectivity index (χ0) is 21.0. The Balaban J connectivity index is 1.66. The lowest BCUT2D eigenvalue weighted by Gasteiger charge is -2.08. The second kappa shape index (κ2) is 8.60. The van der Waals surface area contributed by atoms with Gasteiger partial charge < -0.3 is 10.6 Å². The van der Waals surface area contributed by atoms with Crippen molar-refractivity contribution in [3.63, 3.8) is 0 Å². The second-order valence-corrected chi connectivity index (χ2v) is 6.64. The number of nitrogens with zero attached hydrogens (tertiary/aromatic N) is 1. The number of anilines is 1. The van der Waals surface area contributed by atoms with Crippen LogP contribution in [0.1, 0.15) is 27.9 Å². The van der Waals surface area contributed by atoms with E-state index in [0.29, 0.717) is 22.4 Å². The molecule has 0 atom stereocenters. The first-order valence-corrected chi connectivity index (χ1v) is 9.06. The van der Waals surface area contributed by atoms with E-state index in [2.05, 4.69) is 15.6 Å². The van der Waals surface area contributed by atoms with Crippen LogP contribution in [0, 0.1) is 12.7 Å². The smallest absolute Gasteiger partial charge is 0.270 e. The number of nitrogens with one attached hydrogen (secondary N) is 2. The highest BCUT2D eigenvalue weighted by Gasteiger charge is 2.23. The lowest BCUT2D eigenvalue weighted by Crippen LogP contribution is -2.23. The van der Waals surface area contributed by atoms with Crippen molar-refractivity contribution in [2.45, 2.75) is 19.8 Å². The van der Waals surface area contributed by atoms with Gasteiger partial charge in [0.15, 0.2) is 5.78 Å². The fraction of sp³-hybridized carbons (Fsp3) is 0.182. The minimum absolute atomic E-state index is 0.109. The second-order valence-electron chi connectivity index (χ2n) is 6.64. The molecule has 2 N–H and O–H groups in total. The summed E-state index contributed by atoms with van der Waals surface area (Å²) < 4.78 is 13.7. The predicted octanol–water partition coefficient (Wildman–Crippen LogP) is 2.97. The van der Waals surface area contributed by atoms with Gasteiger partial charge in [0.05, 0.1) is 5.57 Å². The van der Waals surface area contributed by atoms with Crippen molar-refractivity contribution in [2.24, 2.45) is 4.99 Å². The van der Waals surface area contributed by atoms with Crippen molar-refractivity contribution < 1.29 is 18.8 Å². The van der Waals surface area contributed by atoms with Crippen LogP contribution in [0.15, 0.2) is 58.7 Å². The third kappa shape index (κ3) is 4.63. The average Bonchev–Trinajstić information content (AvgIpc) is 3.21. The molecule has 148 valence electrons. The summed E-state index contributed by atoms with van der Waals surface area (Å²) >= 11 is 0. The molecule has 0 fully saturated rings. The number of likely N-dealkylation sites (N-methyl/N-ethyl adjacent to an activating group) is 1. The molecule has 0 radical (unpaired) electrons. The van der Waals surface area contributed by atoms with Gasteiger partial charge in [0.25, 0.3) is 11.8 Å². The van der Waals surface area contributed by atoms with Gasteiger partial charge in [0, 0.05) is 37.4 Å². The van der Waals surface area contributed by atoms with E-state index in [4.69, 9.17) is 0 Å². The highest BCUT2D eigenvalue weighted by atomic mass is 19.1. The van der Waals surface area contributed by atoms with Gasteiger partial charge in [-0.1, -0.05) is 24.3 Å². The van der Waals surface area contributed by atoms with Gasteiger partial charge in [0.1, 0.15) is 11.5 Å². The summed E-state index contributed by atoms with van der Waals surface area (Å²) in [5, 5.41) is 5.18. The van der Waals surface area contributed by atoms with Crippen molar-refractivity contribution in [2.75, 3.05) is 12.4 Å². The van der Waals surface area contributed by atoms with Crippen LogP contribution in [0.5, 0.6) is 0 Å².